The summed E-state index contributed by atoms with van der Waals surface area (Å²) in [5.74, 6) is -0.704. The topological polar surface area (TPSA) is 43.4 Å². The zero-order valence-electron chi connectivity index (χ0n) is 10.1. The average Bonchev–Trinajstić information content (AvgIpc) is 2.30. The van der Waals surface area contributed by atoms with Crippen LogP contribution < -0.4 is 4.74 Å². The van der Waals surface area contributed by atoms with Gasteiger partial charge in [-0.2, -0.15) is 0 Å². The second-order valence-electron chi connectivity index (χ2n) is 4.10. The van der Waals surface area contributed by atoms with Gasteiger partial charge in [0.1, 0.15) is 11.5 Å². The molecule has 2 unspecified atom stereocenters. The predicted octanol–water partition coefficient (Wildman–Crippen LogP) is 2.74. The highest BCUT2D eigenvalue weighted by Crippen LogP contribution is 2.18. The summed E-state index contributed by atoms with van der Waals surface area (Å²) in [7, 11) is 0. The summed E-state index contributed by atoms with van der Waals surface area (Å²) in [6, 6.07) is 6.83. The number of carbonyl (C=O) groups excluding carboxylic acids is 2. The van der Waals surface area contributed by atoms with Crippen molar-refractivity contribution in [2.45, 2.75) is 25.7 Å². The molecule has 92 valence electrons. The Bertz CT molecular complexity index is 411. The van der Waals surface area contributed by atoms with Gasteiger partial charge in [0.15, 0.2) is 0 Å². The zero-order valence-corrected chi connectivity index (χ0v) is 11.0. The molecule has 1 rings (SSSR count). The third kappa shape index (κ3) is 3.89. The molecule has 0 aliphatic rings. The number of esters is 1. The van der Waals surface area contributed by atoms with Crippen LogP contribution in [0.25, 0.3) is 0 Å². The van der Waals surface area contributed by atoms with Crippen LogP contribution >= 0.6 is 12.6 Å². The molecule has 1 aromatic rings. The van der Waals surface area contributed by atoms with Crippen molar-refractivity contribution in [1.29, 1.82) is 0 Å². The summed E-state index contributed by atoms with van der Waals surface area (Å²) in [4.78, 5) is 23.7. The number of ketones is 1. The van der Waals surface area contributed by atoms with E-state index < -0.39 is 5.92 Å². The maximum absolute atomic E-state index is 11.7. The van der Waals surface area contributed by atoms with Gasteiger partial charge in [0, 0.05) is 10.8 Å². The molecule has 0 radical (unpaired) electrons. The van der Waals surface area contributed by atoms with Gasteiger partial charge >= 0.3 is 5.97 Å². The first kappa shape index (κ1) is 13.8. The van der Waals surface area contributed by atoms with Crippen molar-refractivity contribution >= 4 is 24.4 Å². The summed E-state index contributed by atoms with van der Waals surface area (Å²) in [6.45, 7) is 4.90. The Labute approximate surface area is 107 Å². The fourth-order valence-electron chi connectivity index (χ4n) is 1.28. The van der Waals surface area contributed by atoms with Crippen molar-refractivity contribution < 1.29 is 14.3 Å². The molecule has 0 spiro atoms. The summed E-state index contributed by atoms with van der Waals surface area (Å²) in [5, 5.41) is 0. The van der Waals surface area contributed by atoms with Crippen LogP contribution in [-0.2, 0) is 9.59 Å². The summed E-state index contributed by atoms with van der Waals surface area (Å²) in [5.41, 5.74) is 0. The van der Waals surface area contributed by atoms with E-state index >= 15 is 0 Å². The van der Waals surface area contributed by atoms with Gasteiger partial charge in [-0.3, -0.25) is 9.59 Å². The van der Waals surface area contributed by atoms with Crippen molar-refractivity contribution in [2.24, 2.45) is 11.8 Å². The Hall–Kier alpha value is -1.29. The minimum atomic E-state index is -0.442. The van der Waals surface area contributed by atoms with Gasteiger partial charge in [0.05, 0.1) is 5.92 Å². The molecule has 2 atom stereocenters. The smallest absolute Gasteiger partial charge is 0.314 e. The van der Waals surface area contributed by atoms with Gasteiger partial charge in [0.2, 0.25) is 0 Å². The monoisotopic (exact) mass is 252 g/mol. The van der Waals surface area contributed by atoms with E-state index in [0.29, 0.717) is 5.75 Å². The fraction of sp³-hybridized carbons (Fsp3) is 0.385. The number of rotatable bonds is 4. The molecule has 1 aromatic carbocycles. The molecule has 4 heteroatoms. The van der Waals surface area contributed by atoms with Gasteiger partial charge < -0.3 is 4.74 Å². The Kier molecular flexibility index (Phi) is 4.75. The molecule has 0 saturated carbocycles. The molecule has 0 heterocycles. The second kappa shape index (κ2) is 5.87. The number of ether oxygens (including phenoxy) is 1. The lowest BCUT2D eigenvalue weighted by Crippen LogP contribution is -2.27. The van der Waals surface area contributed by atoms with Crippen LogP contribution in [0, 0.1) is 11.8 Å². The molecule has 0 N–H and O–H groups in total. The standard InChI is InChI=1S/C13H16O3S/c1-8(10(3)14)9(2)13(15)16-11-4-6-12(17)7-5-11/h4-9,17H,1-3H3. The van der Waals surface area contributed by atoms with Crippen LogP contribution in [0.2, 0.25) is 0 Å². The quantitative estimate of drug-likeness (QED) is 0.509. The molecule has 0 bridgehead atoms. The van der Waals surface area contributed by atoms with Crippen LogP contribution in [0.4, 0.5) is 0 Å². The van der Waals surface area contributed by atoms with Gasteiger partial charge in [-0.1, -0.05) is 13.8 Å². The van der Waals surface area contributed by atoms with Gasteiger partial charge in [0.25, 0.3) is 0 Å². The normalized spacial score (nSPS) is 13.9. The molecule has 0 aliphatic carbocycles. The van der Waals surface area contributed by atoms with Gasteiger partial charge in [-0.05, 0) is 31.2 Å². The highest BCUT2D eigenvalue weighted by atomic mass is 32.1. The Morgan fingerprint density at radius 2 is 1.65 bits per heavy atom. The third-order valence-electron chi connectivity index (χ3n) is 2.82. The molecule has 0 fully saturated rings. The highest BCUT2D eigenvalue weighted by Gasteiger charge is 2.25. The van der Waals surface area contributed by atoms with Crippen LogP contribution in [0.3, 0.4) is 0 Å². The fourth-order valence-corrected chi connectivity index (χ4v) is 1.43. The van der Waals surface area contributed by atoms with Crippen LogP contribution in [-0.4, -0.2) is 11.8 Å². The maximum Gasteiger partial charge on any atom is 0.314 e. The molecule has 17 heavy (non-hydrogen) atoms. The van der Waals surface area contributed by atoms with Gasteiger partial charge in [-0.25, -0.2) is 0 Å². The van der Waals surface area contributed by atoms with E-state index in [1.54, 1.807) is 38.1 Å². The SMILES string of the molecule is CC(=O)C(C)C(C)C(=O)Oc1ccc(S)cc1. The minimum absolute atomic E-state index is 0.0137. The number of thiol groups is 1. The second-order valence-corrected chi connectivity index (χ2v) is 4.62. The first-order valence-corrected chi connectivity index (χ1v) is 5.87. The lowest BCUT2D eigenvalue weighted by atomic mass is 9.93. The Balaban J connectivity index is 2.66. The van der Waals surface area contributed by atoms with E-state index in [0.717, 1.165) is 4.90 Å². The number of benzene rings is 1. The number of hydrogen-bond acceptors (Lipinski definition) is 4. The Morgan fingerprint density at radius 1 is 1.12 bits per heavy atom. The summed E-state index contributed by atoms with van der Waals surface area (Å²) >= 11 is 4.14. The van der Waals surface area contributed by atoms with E-state index in [1.165, 1.54) is 6.92 Å². The number of hydrogen-bond donors (Lipinski definition) is 1. The van der Waals surface area contributed by atoms with Crippen LogP contribution in [0.5, 0.6) is 5.75 Å². The largest absolute Gasteiger partial charge is 0.426 e. The van der Waals surface area contributed by atoms with E-state index in [4.69, 9.17) is 4.74 Å². The molecular formula is C13H16O3S. The molecule has 0 aliphatic heterocycles. The molecule has 0 saturated heterocycles. The minimum Gasteiger partial charge on any atom is -0.426 e. The van der Waals surface area contributed by atoms with Crippen LogP contribution in [0.1, 0.15) is 20.8 Å². The van der Waals surface area contributed by atoms with E-state index in [2.05, 4.69) is 12.6 Å². The number of Topliss-reactive ketones (excluding diaryl/α,β-unsaturated/α-hetero) is 1. The van der Waals surface area contributed by atoms with Crippen molar-refractivity contribution in [3.63, 3.8) is 0 Å². The Morgan fingerprint density at radius 3 is 2.12 bits per heavy atom. The van der Waals surface area contributed by atoms with Crippen molar-refractivity contribution in [3.05, 3.63) is 24.3 Å². The molecular weight excluding hydrogens is 236 g/mol. The first-order chi connectivity index (χ1) is 7.91. The van der Waals surface area contributed by atoms with E-state index in [-0.39, 0.29) is 17.7 Å². The van der Waals surface area contributed by atoms with Crippen molar-refractivity contribution in [2.75, 3.05) is 0 Å². The lowest BCUT2D eigenvalue weighted by molar-refractivity contribution is -0.142. The summed E-state index contributed by atoms with van der Waals surface area (Å²) in [6.07, 6.45) is 0. The van der Waals surface area contributed by atoms with Crippen LogP contribution in [0.15, 0.2) is 29.2 Å². The molecule has 0 aromatic heterocycles. The zero-order chi connectivity index (χ0) is 13.0. The van der Waals surface area contributed by atoms with E-state index in [9.17, 15) is 9.59 Å². The highest BCUT2D eigenvalue weighted by molar-refractivity contribution is 7.80. The molecule has 3 nitrogen and oxygen atoms in total. The van der Waals surface area contributed by atoms with Gasteiger partial charge in [-0.15, -0.1) is 12.6 Å². The maximum atomic E-state index is 11.7. The van der Waals surface area contributed by atoms with Crippen molar-refractivity contribution in [3.8, 4) is 5.75 Å². The lowest BCUT2D eigenvalue weighted by Gasteiger charge is -2.15. The summed E-state index contributed by atoms with van der Waals surface area (Å²) < 4.78 is 5.18. The number of carbonyl (C=O) groups is 2. The predicted molar refractivity (Wildman–Crippen MR) is 68.3 cm³/mol. The first-order valence-electron chi connectivity index (χ1n) is 5.43. The van der Waals surface area contributed by atoms with E-state index in [1.807, 2.05) is 0 Å². The average molecular weight is 252 g/mol. The van der Waals surface area contributed by atoms with Crippen molar-refractivity contribution in [1.82, 2.24) is 0 Å². The third-order valence-corrected chi connectivity index (χ3v) is 3.12. The molecule has 0 amide bonds.